The smallest absolute Gasteiger partial charge is 0.331 e. The van der Waals surface area contributed by atoms with Crippen LogP contribution in [0.25, 0.3) is 6.08 Å². The van der Waals surface area contributed by atoms with Crippen molar-refractivity contribution >= 4 is 14.6 Å². The number of hydrogen-bond donors (Lipinski definition) is 0. The topological polar surface area (TPSA) is 18.5 Å². The van der Waals surface area contributed by atoms with Crippen molar-refractivity contribution in [2.75, 3.05) is 13.2 Å². The second-order valence-corrected chi connectivity index (χ2v) is 8.25. The Hall–Kier alpha value is -0.903. The first kappa shape index (κ1) is 15.2. The fourth-order valence-electron chi connectivity index (χ4n) is 1.95. The molecule has 3 heteroatoms. The summed E-state index contributed by atoms with van der Waals surface area (Å²) in [5.74, 6) is 0.353. The Morgan fingerprint density at radius 1 is 1.28 bits per heavy atom. The summed E-state index contributed by atoms with van der Waals surface area (Å²) in [7, 11) is -1.95. The van der Waals surface area contributed by atoms with Crippen molar-refractivity contribution in [3.8, 4) is 0 Å². The van der Waals surface area contributed by atoms with E-state index in [0.717, 1.165) is 6.61 Å². The van der Waals surface area contributed by atoms with Gasteiger partial charge in [-0.3, -0.25) is 0 Å². The Morgan fingerprint density at radius 3 is 2.56 bits per heavy atom. The second kappa shape index (κ2) is 6.88. The Bertz CT molecular complexity index is 388. The van der Waals surface area contributed by atoms with Crippen molar-refractivity contribution in [3.63, 3.8) is 0 Å². The van der Waals surface area contributed by atoms with Gasteiger partial charge in [-0.15, -0.1) is 0 Å². The lowest BCUT2D eigenvalue weighted by atomic mass is 9.96. The zero-order chi connectivity index (χ0) is 13.6. The molecule has 0 amide bonds. The molecule has 0 aliphatic rings. The molecular weight excluding hydrogens is 240 g/mol. The van der Waals surface area contributed by atoms with E-state index in [-0.39, 0.29) is 0 Å². The van der Waals surface area contributed by atoms with Gasteiger partial charge in [0.2, 0.25) is 0 Å². The van der Waals surface area contributed by atoms with Crippen LogP contribution < -0.4 is 0 Å². The Labute approximate surface area is 112 Å². The summed E-state index contributed by atoms with van der Waals surface area (Å²) >= 11 is 0. The molecule has 0 aliphatic heterocycles. The monoisotopic (exact) mass is 264 g/mol. The first-order valence-electron chi connectivity index (χ1n) is 6.49. The van der Waals surface area contributed by atoms with E-state index in [1.165, 1.54) is 11.1 Å². The van der Waals surface area contributed by atoms with E-state index >= 15 is 0 Å². The highest BCUT2D eigenvalue weighted by molar-refractivity contribution is 6.64. The highest BCUT2D eigenvalue weighted by Gasteiger charge is 2.25. The van der Waals surface area contributed by atoms with E-state index in [2.05, 4.69) is 44.8 Å². The van der Waals surface area contributed by atoms with E-state index in [0.29, 0.717) is 12.5 Å². The van der Waals surface area contributed by atoms with Crippen LogP contribution in [0.5, 0.6) is 0 Å². The molecule has 2 nitrogen and oxygen atoms in total. The van der Waals surface area contributed by atoms with Crippen LogP contribution >= 0.6 is 0 Å². The molecular formula is C15H24O2Si. The normalized spacial score (nSPS) is 13.3. The van der Waals surface area contributed by atoms with Gasteiger partial charge in [0.05, 0.1) is 0 Å². The van der Waals surface area contributed by atoms with Crippen LogP contribution in [-0.4, -0.2) is 21.8 Å². The lowest BCUT2D eigenvalue weighted by molar-refractivity contribution is 0.179. The van der Waals surface area contributed by atoms with E-state index in [9.17, 15) is 0 Å². The zero-order valence-corrected chi connectivity index (χ0v) is 12.9. The van der Waals surface area contributed by atoms with Crippen molar-refractivity contribution in [1.29, 1.82) is 0 Å². The van der Waals surface area contributed by atoms with Crippen LogP contribution in [0.15, 0.2) is 30.8 Å². The van der Waals surface area contributed by atoms with Crippen LogP contribution in [-0.2, 0) is 8.85 Å². The van der Waals surface area contributed by atoms with E-state index in [4.69, 9.17) is 8.85 Å². The summed E-state index contributed by atoms with van der Waals surface area (Å²) in [5, 5.41) is 0. The zero-order valence-electron chi connectivity index (χ0n) is 11.9. The number of rotatable bonds is 7. The molecule has 0 aliphatic carbocycles. The molecule has 0 heterocycles. The molecule has 1 rings (SSSR count). The third-order valence-electron chi connectivity index (χ3n) is 2.92. The van der Waals surface area contributed by atoms with Gasteiger partial charge in [-0.05, 0) is 31.1 Å². The molecule has 18 heavy (non-hydrogen) atoms. The molecule has 0 N–H and O–H groups in total. The minimum Gasteiger partial charge on any atom is -0.395 e. The van der Waals surface area contributed by atoms with Gasteiger partial charge >= 0.3 is 8.56 Å². The quantitative estimate of drug-likeness (QED) is 0.688. The van der Waals surface area contributed by atoms with Gasteiger partial charge in [-0.1, -0.05) is 43.8 Å². The van der Waals surface area contributed by atoms with Crippen LogP contribution in [0.2, 0.25) is 13.1 Å². The summed E-state index contributed by atoms with van der Waals surface area (Å²) in [4.78, 5) is 0. The van der Waals surface area contributed by atoms with Crippen LogP contribution in [0.3, 0.4) is 0 Å². The van der Waals surface area contributed by atoms with Gasteiger partial charge in [-0.25, -0.2) is 0 Å². The summed E-state index contributed by atoms with van der Waals surface area (Å²) < 4.78 is 11.6. The minimum atomic E-state index is -1.95. The number of benzene rings is 1. The first-order chi connectivity index (χ1) is 8.50. The predicted molar refractivity (Wildman–Crippen MR) is 80.0 cm³/mol. The third kappa shape index (κ3) is 4.41. The molecule has 0 fully saturated rings. The summed E-state index contributed by atoms with van der Waals surface area (Å²) in [6, 6.07) is 8.32. The molecule has 0 saturated heterocycles. The average Bonchev–Trinajstić information content (AvgIpc) is 2.36. The highest BCUT2D eigenvalue weighted by Crippen LogP contribution is 2.22. The van der Waals surface area contributed by atoms with E-state index in [1.807, 2.05) is 19.1 Å². The average molecular weight is 264 g/mol. The molecule has 100 valence electrons. The van der Waals surface area contributed by atoms with Crippen LogP contribution in [0.1, 0.15) is 30.9 Å². The van der Waals surface area contributed by atoms with Gasteiger partial charge in [0, 0.05) is 19.1 Å². The van der Waals surface area contributed by atoms with Crippen molar-refractivity contribution in [3.05, 3.63) is 42.0 Å². The summed E-state index contributed by atoms with van der Waals surface area (Å²) in [6.45, 7) is 13.6. The molecule has 1 aromatic carbocycles. The number of hydrogen-bond acceptors (Lipinski definition) is 2. The maximum atomic E-state index is 5.97. The lowest BCUT2D eigenvalue weighted by Crippen LogP contribution is -2.36. The fourth-order valence-corrected chi connectivity index (χ4v) is 3.38. The molecule has 0 radical (unpaired) electrons. The molecule has 0 bridgehead atoms. The van der Waals surface area contributed by atoms with Crippen molar-refractivity contribution in [2.24, 2.45) is 0 Å². The fraction of sp³-hybridized carbons (Fsp3) is 0.467. The van der Waals surface area contributed by atoms with Crippen molar-refractivity contribution in [1.82, 2.24) is 0 Å². The molecule has 0 spiro atoms. The van der Waals surface area contributed by atoms with Gasteiger partial charge in [0.25, 0.3) is 0 Å². The SMILES string of the molecule is C=Cc1ccccc1C(C)CO[Si](C)(C)OCC. The highest BCUT2D eigenvalue weighted by atomic mass is 28.4. The Morgan fingerprint density at radius 2 is 1.94 bits per heavy atom. The Kier molecular flexibility index (Phi) is 5.79. The van der Waals surface area contributed by atoms with Crippen LogP contribution in [0.4, 0.5) is 0 Å². The first-order valence-corrected chi connectivity index (χ1v) is 9.31. The van der Waals surface area contributed by atoms with Gasteiger partial charge in [-0.2, -0.15) is 0 Å². The molecule has 0 saturated carbocycles. The van der Waals surface area contributed by atoms with Gasteiger partial charge in [0.15, 0.2) is 0 Å². The van der Waals surface area contributed by atoms with Crippen molar-refractivity contribution < 1.29 is 8.85 Å². The third-order valence-corrected chi connectivity index (χ3v) is 4.77. The molecule has 1 aromatic rings. The summed E-state index contributed by atoms with van der Waals surface area (Å²) in [5.41, 5.74) is 2.47. The standard InChI is InChI=1S/C15H24O2Si/c1-6-14-10-8-9-11-15(14)13(3)12-17-18(4,5)16-7-2/h6,8-11,13H,1,7,12H2,2-5H3. The predicted octanol–water partition coefficient (Wildman–Crippen LogP) is 4.19. The van der Waals surface area contributed by atoms with E-state index in [1.54, 1.807) is 0 Å². The largest absolute Gasteiger partial charge is 0.395 e. The summed E-state index contributed by atoms with van der Waals surface area (Å²) in [6.07, 6.45) is 1.90. The second-order valence-electron chi connectivity index (χ2n) is 4.88. The van der Waals surface area contributed by atoms with Crippen molar-refractivity contribution in [2.45, 2.75) is 32.9 Å². The van der Waals surface area contributed by atoms with Gasteiger partial charge in [0.1, 0.15) is 0 Å². The van der Waals surface area contributed by atoms with Gasteiger partial charge < -0.3 is 8.85 Å². The molecule has 1 unspecified atom stereocenters. The maximum absolute atomic E-state index is 5.97. The van der Waals surface area contributed by atoms with Crippen LogP contribution in [0, 0.1) is 0 Å². The Balaban J connectivity index is 2.65. The lowest BCUT2D eigenvalue weighted by Gasteiger charge is -2.25. The molecule has 1 atom stereocenters. The van der Waals surface area contributed by atoms with E-state index < -0.39 is 8.56 Å². The minimum absolute atomic E-state index is 0.353. The maximum Gasteiger partial charge on any atom is 0.331 e. The molecule has 0 aromatic heterocycles.